The molecule has 0 N–H and O–H groups in total. The Balaban J connectivity index is 2.25. The molecule has 0 radical (unpaired) electrons. The lowest BCUT2D eigenvalue weighted by Crippen LogP contribution is -2.07. The highest BCUT2D eigenvalue weighted by Crippen LogP contribution is 2.34. The monoisotopic (exact) mass is 343 g/mol. The van der Waals surface area contributed by atoms with Crippen molar-refractivity contribution < 1.29 is 4.79 Å². The molecule has 2 aromatic rings. The highest BCUT2D eigenvalue weighted by Gasteiger charge is 2.10. The number of rotatable bonds is 4. The first-order valence-corrected chi connectivity index (χ1v) is 7.46. The quantitative estimate of drug-likeness (QED) is 0.796. The Kier molecular flexibility index (Phi) is 4.36. The number of anilines is 1. The number of carbonyl (C=O) groups is 1. The van der Waals surface area contributed by atoms with E-state index in [9.17, 15) is 4.79 Å². The van der Waals surface area contributed by atoms with Crippen LogP contribution in [0.4, 0.5) is 5.13 Å². The van der Waals surface area contributed by atoms with E-state index in [1.807, 2.05) is 31.1 Å². The Labute approximate surface area is 122 Å². The zero-order valence-corrected chi connectivity index (χ0v) is 13.0. The van der Waals surface area contributed by atoms with Crippen LogP contribution in [0.2, 0.25) is 0 Å². The molecule has 0 aliphatic rings. The van der Waals surface area contributed by atoms with E-state index in [2.05, 4.69) is 26.1 Å². The molecule has 1 aromatic heterocycles. The van der Waals surface area contributed by atoms with E-state index < -0.39 is 0 Å². The van der Waals surface area contributed by atoms with E-state index in [0.29, 0.717) is 5.56 Å². The maximum Gasteiger partial charge on any atom is 0.208 e. The molecule has 1 aromatic carbocycles. The van der Waals surface area contributed by atoms with E-state index in [-0.39, 0.29) is 0 Å². The average Bonchev–Trinajstić information content (AvgIpc) is 2.80. The molecular formula is C11H10BrN3OS2. The summed E-state index contributed by atoms with van der Waals surface area (Å²) < 4.78 is 1.71. The molecular weight excluding hydrogens is 334 g/mol. The van der Waals surface area contributed by atoms with Gasteiger partial charge in [-0.15, -0.1) is 10.2 Å². The first-order valence-electron chi connectivity index (χ1n) is 5.03. The minimum Gasteiger partial charge on any atom is -0.353 e. The zero-order chi connectivity index (χ0) is 13.1. The lowest BCUT2D eigenvalue weighted by Gasteiger charge is -2.04. The van der Waals surface area contributed by atoms with Gasteiger partial charge in [0.1, 0.15) is 0 Å². The van der Waals surface area contributed by atoms with Crippen LogP contribution in [0.3, 0.4) is 0 Å². The molecule has 18 heavy (non-hydrogen) atoms. The van der Waals surface area contributed by atoms with Gasteiger partial charge in [0.05, 0.1) is 0 Å². The summed E-state index contributed by atoms with van der Waals surface area (Å²) in [4.78, 5) is 13.8. The fourth-order valence-electron chi connectivity index (χ4n) is 1.22. The lowest BCUT2D eigenvalue weighted by molar-refractivity contribution is 0.112. The zero-order valence-electron chi connectivity index (χ0n) is 9.75. The highest BCUT2D eigenvalue weighted by atomic mass is 79.9. The lowest BCUT2D eigenvalue weighted by atomic mass is 10.2. The smallest absolute Gasteiger partial charge is 0.208 e. The molecule has 0 amide bonds. The Morgan fingerprint density at radius 3 is 2.78 bits per heavy atom. The molecule has 0 fully saturated rings. The molecule has 94 valence electrons. The Bertz CT molecular complexity index is 571. The fraction of sp³-hybridized carbons (Fsp3) is 0.182. The summed E-state index contributed by atoms with van der Waals surface area (Å²) in [5.74, 6) is 0. The first-order chi connectivity index (χ1) is 8.60. The second kappa shape index (κ2) is 5.81. The Morgan fingerprint density at radius 1 is 1.39 bits per heavy atom. The van der Waals surface area contributed by atoms with Gasteiger partial charge in [-0.1, -0.05) is 39.0 Å². The molecule has 0 spiro atoms. The molecule has 0 aliphatic carbocycles. The van der Waals surface area contributed by atoms with Crippen LogP contribution < -0.4 is 4.90 Å². The van der Waals surface area contributed by atoms with Crippen LogP contribution in [0, 0.1) is 0 Å². The van der Waals surface area contributed by atoms with Crippen molar-refractivity contribution in [2.24, 2.45) is 0 Å². The van der Waals surface area contributed by atoms with Crippen molar-refractivity contribution in [2.45, 2.75) is 9.24 Å². The van der Waals surface area contributed by atoms with Crippen molar-refractivity contribution in [3.8, 4) is 0 Å². The Hall–Kier alpha value is -0.920. The number of nitrogens with zero attached hydrogens (tertiary/aromatic N) is 3. The summed E-state index contributed by atoms with van der Waals surface area (Å²) in [5.41, 5.74) is 0.649. The van der Waals surface area contributed by atoms with Gasteiger partial charge in [0.15, 0.2) is 10.6 Å². The minimum atomic E-state index is 0.649. The molecule has 0 aliphatic heterocycles. The summed E-state index contributed by atoms with van der Waals surface area (Å²) in [7, 11) is 3.84. The standard InChI is InChI=1S/C11H10BrN3OS2/c1-15(2)10-13-14-11(18-10)17-9-4-3-8(12)5-7(9)6-16/h3-6H,1-2H3. The van der Waals surface area contributed by atoms with Crippen molar-refractivity contribution in [1.29, 1.82) is 0 Å². The minimum absolute atomic E-state index is 0.649. The van der Waals surface area contributed by atoms with Crippen LogP contribution in [0.5, 0.6) is 0 Å². The average molecular weight is 344 g/mol. The van der Waals surface area contributed by atoms with Crippen molar-refractivity contribution in [3.05, 3.63) is 28.2 Å². The fourth-order valence-corrected chi connectivity index (χ4v) is 3.39. The van der Waals surface area contributed by atoms with Crippen LogP contribution in [-0.4, -0.2) is 30.6 Å². The second-order valence-electron chi connectivity index (χ2n) is 3.65. The normalized spacial score (nSPS) is 10.4. The number of aldehydes is 1. The summed E-state index contributed by atoms with van der Waals surface area (Å²) in [5, 5.41) is 9.00. The van der Waals surface area contributed by atoms with Crippen molar-refractivity contribution in [2.75, 3.05) is 19.0 Å². The predicted molar refractivity (Wildman–Crippen MR) is 77.9 cm³/mol. The van der Waals surface area contributed by atoms with Gasteiger partial charge >= 0.3 is 0 Å². The third-order valence-electron chi connectivity index (χ3n) is 2.07. The van der Waals surface area contributed by atoms with Crippen molar-refractivity contribution in [1.82, 2.24) is 10.2 Å². The largest absolute Gasteiger partial charge is 0.353 e. The highest BCUT2D eigenvalue weighted by molar-refractivity contribution is 9.10. The number of benzene rings is 1. The van der Waals surface area contributed by atoms with Crippen molar-refractivity contribution >= 4 is 50.4 Å². The van der Waals surface area contributed by atoms with Crippen LogP contribution in [0.1, 0.15) is 10.4 Å². The summed E-state index contributed by atoms with van der Waals surface area (Å²) in [6.45, 7) is 0. The summed E-state index contributed by atoms with van der Waals surface area (Å²) >= 11 is 6.30. The maximum atomic E-state index is 11.0. The van der Waals surface area contributed by atoms with E-state index in [1.54, 1.807) is 6.07 Å². The van der Waals surface area contributed by atoms with E-state index >= 15 is 0 Å². The van der Waals surface area contributed by atoms with Gasteiger partial charge in [-0.25, -0.2) is 0 Å². The van der Waals surface area contributed by atoms with Crippen molar-refractivity contribution in [3.63, 3.8) is 0 Å². The van der Waals surface area contributed by atoms with Gasteiger partial charge < -0.3 is 4.90 Å². The van der Waals surface area contributed by atoms with Gasteiger partial charge in [-0.05, 0) is 18.2 Å². The number of halogens is 1. The summed E-state index contributed by atoms with van der Waals surface area (Å²) in [6, 6.07) is 5.60. The third-order valence-corrected chi connectivity index (χ3v) is 4.80. The van der Waals surface area contributed by atoms with E-state index in [0.717, 1.165) is 25.1 Å². The number of hydrogen-bond acceptors (Lipinski definition) is 6. The molecule has 0 unspecified atom stereocenters. The van der Waals surface area contributed by atoms with Crippen LogP contribution >= 0.6 is 39.0 Å². The third kappa shape index (κ3) is 3.09. The maximum absolute atomic E-state index is 11.0. The molecule has 0 bridgehead atoms. The molecule has 2 rings (SSSR count). The van der Waals surface area contributed by atoms with E-state index in [4.69, 9.17) is 0 Å². The first kappa shape index (κ1) is 13.5. The van der Waals surface area contributed by atoms with Gasteiger partial charge in [0.2, 0.25) is 5.13 Å². The molecule has 0 saturated heterocycles. The van der Waals surface area contributed by atoms with Crippen LogP contribution in [0.25, 0.3) is 0 Å². The number of hydrogen-bond donors (Lipinski definition) is 0. The predicted octanol–water partition coefficient (Wildman–Crippen LogP) is 3.33. The van der Waals surface area contributed by atoms with Crippen LogP contribution in [-0.2, 0) is 0 Å². The number of carbonyl (C=O) groups excluding carboxylic acids is 1. The molecule has 0 atom stereocenters. The SMILES string of the molecule is CN(C)c1nnc(Sc2ccc(Br)cc2C=O)s1. The van der Waals surface area contributed by atoms with Gasteiger partial charge in [0.25, 0.3) is 0 Å². The van der Waals surface area contributed by atoms with Gasteiger partial charge in [-0.3, -0.25) is 4.79 Å². The topological polar surface area (TPSA) is 46.1 Å². The summed E-state index contributed by atoms with van der Waals surface area (Å²) in [6.07, 6.45) is 0.848. The molecule has 7 heteroatoms. The van der Waals surface area contributed by atoms with Crippen LogP contribution in [0.15, 0.2) is 31.9 Å². The van der Waals surface area contributed by atoms with E-state index in [1.165, 1.54) is 23.1 Å². The Morgan fingerprint density at radius 2 is 2.17 bits per heavy atom. The molecule has 1 heterocycles. The second-order valence-corrected chi connectivity index (χ2v) is 6.81. The van der Waals surface area contributed by atoms with Gasteiger partial charge in [-0.2, -0.15) is 0 Å². The number of aromatic nitrogens is 2. The molecule has 4 nitrogen and oxygen atoms in total. The van der Waals surface area contributed by atoms with Gasteiger partial charge in [0, 0.05) is 29.0 Å². The molecule has 0 saturated carbocycles.